The highest BCUT2D eigenvalue weighted by Crippen LogP contribution is 2.30. The van der Waals surface area contributed by atoms with Crippen LogP contribution in [0, 0.1) is 0 Å². The summed E-state index contributed by atoms with van der Waals surface area (Å²) in [6.07, 6.45) is 0. The quantitative estimate of drug-likeness (QED) is 0.778. The van der Waals surface area contributed by atoms with E-state index in [0.717, 1.165) is 8.95 Å². The molecule has 0 unspecified atom stereocenters. The molecule has 0 spiro atoms. The minimum absolute atomic E-state index is 0.0568. The van der Waals surface area contributed by atoms with Gasteiger partial charge >= 0.3 is 6.03 Å². The molecule has 1 N–H and O–H groups in total. The molecule has 0 aromatic heterocycles. The Labute approximate surface area is 131 Å². The molecule has 1 aliphatic heterocycles. The van der Waals surface area contributed by atoms with Gasteiger partial charge in [-0.15, -0.1) is 0 Å². The van der Waals surface area contributed by atoms with Gasteiger partial charge in [-0.1, -0.05) is 17.8 Å². The lowest BCUT2D eigenvalue weighted by Crippen LogP contribution is -2.25. The molecular formula is C11H9Br2N3O2S. The maximum atomic E-state index is 11.8. The summed E-state index contributed by atoms with van der Waals surface area (Å²) in [7, 11) is 1.60. The molecule has 0 saturated carbocycles. The normalized spacial score (nSPS) is 17.1. The predicted octanol–water partition coefficient (Wildman–Crippen LogP) is 3.30. The second kappa shape index (κ2) is 6.06. The standard InChI is InChI=1S/C11H9Br2N3O2S/c1-16-8(17)5-19-11(16)15-10(18)14-9-6(12)3-2-4-7(9)13/h2-4H,5H2,1H3,(H,14,18)/b15-11+. The zero-order valence-corrected chi connectivity index (χ0v) is 13.8. The van der Waals surface area contributed by atoms with Gasteiger partial charge in [-0.2, -0.15) is 4.99 Å². The zero-order valence-electron chi connectivity index (χ0n) is 9.81. The number of rotatable bonds is 1. The lowest BCUT2D eigenvalue weighted by Gasteiger charge is -2.09. The molecule has 1 heterocycles. The molecule has 19 heavy (non-hydrogen) atoms. The molecule has 3 amide bonds. The summed E-state index contributed by atoms with van der Waals surface area (Å²) < 4.78 is 1.50. The summed E-state index contributed by atoms with van der Waals surface area (Å²) in [6, 6.07) is 4.95. The van der Waals surface area contributed by atoms with Crippen molar-refractivity contribution in [3.05, 3.63) is 27.1 Å². The molecule has 1 fully saturated rings. The molecule has 1 saturated heterocycles. The van der Waals surface area contributed by atoms with Crippen LogP contribution in [0.3, 0.4) is 0 Å². The van der Waals surface area contributed by atoms with Crippen LogP contribution in [0.15, 0.2) is 32.1 Å². The number of hydrogen-bond donors (Lipinski definition) is 1. The summed E-state index contributed by atoms with van der Waals surface area (Å²) in [5.74, 6) is 0.264. The summed E-state index contributed by atoms with van der Waals surface area (Å²) in [5.41, 5.74) is 0.605. The number of hydrogen-bond acceptors (Lipinski definition) is 3. The van der Waals surface area contributed by atoms with Gasteiger partial charge in [-0.05, 0) is 44.0 Å². The maximum absolute atomic E-state index is 11.8. The molecule has 1 aliphatic rings. The van der Waals surface area contributed by atoms with Gasteiger partial charge in [0.1, 0.15) is 0 Å². The highest BCUT2D eigenvalue weighted by Gasteiger charge is 2.25. The van der Waals surface area contributed by atoms with E-state index in [4.69, 9.17) is 0 Å². The third kappa shape index (κ3) is 3.37. The van der Waals surface area contributed by atoms with Crippen LogP contribution in [0.2, 0.25) is 0 Å². The third-order valence-corrected chi connectivity index (χ3v) is 4.71. The molecule has 0 radical (unpaired) electrons. The number of aliphatic imine (C=N–C) groups is 1. The first-order valence-electron chi connectivity index (χ1n) is 5.22. The van der Waals surface area contributed by atoms with Gasteiger partial charge in [-0.3, -0.25) is 9.69 Å². The van der Waals surface area contributed by atoms with Gasteiger partial charge in [0.25, 0.3) is 0 Å². The number of urea groups is 1. The van der Waals surface area contributed by atoms with Crippen LogP contribution in [0.1, 0.15) is 0 Å². The maximum Gasteiger partial charge on any atom is 0.347 e. The molecule has 1 aromatic carbocycles. The number of carbonyl (C=O) groups excluding carboxylic acids is 2. The molecule has 5 nitrogen and oxygen atoms in total. The number of nitrogens with zero attached hydrogens (tertiary/aromatic N) is 2. The number of nitrogens with one attached hydrogen (secondary N) is 1. The van der Waals surface area contributed by atoms with Crippen LogP contribution in [-0.2, 0) is 4.79 Å². The highest BCUT2D eigenvalue weighted by molar-refractivity contribution is 9.11. The van der Waals surface area contributed by atoms with Gasteiger partial charge in [0.05, 0.1) is 11.4 Å². The number of anilines is 1. The average molecular weight is 407 g/mol. The summed E-state index contributed by atoms with van der Waals surface area (Å²) in [5, 5.41) is 3.08. The van der Waals surface area contributed by atoms with E-state index in [-0.39, 0.29) is 5.91 Å². The summed E-state index contributed by atoms with van der Waals surface area (Å²) >= 11 is 7.94. The Kier molecular flexibility index (Phi) is 4.64. The lowest BCUT2D eigenvalue weighted by atomic mass is 10.3. The number of para-hydroxylation sites is 1. The molecule has 8 heteroatoms. The summed E-state index contributed by atoms with van der Waals surface area (Å²) in [6.45, 7) is 0. The fourth-order valence-electron chi connectivity index (χ4n) is 1.37. The number of thioether (sulfide) groups is 1. The van der Waals surface area contributed by atoms with Crippen LogP contribution in [0.4, 0.5) is 10.5 Å². The fraction of sp³-hybridized carbons (Fsp3) is 0.182. The largest absolute Gasteiger partial charge is 0.347 e. The van der Waals surface area contributed by atoms with Crippen LogP contribution in [0.25, 0.3) is 0 Å². The molecule has 2 rings (SSSR count). The second-order valence-electron chi connectivity index (χ2n) is 3.66. The molecular weight excluding hydrogens is 398 g/mol. The number of amidine groups is 1. The van der Waals surface area contributed by atoms with E-state index < -0.39 is 6.03 Å². The SMILES string of the molecule is CN1C(=O)CS/C1=N/C(=O)Nc1c(Br)cccc1Br. The van der Waals surface area contributed by atoms with Crippen molar-refractivity contribution in [2.75, 3.05) is 18.1 Å². The minimum Gasteiger partial charge on any atom is -0.304 e. The molecule has 1 aromatic rings. The van der Waals surface area contributed by atoms with Crippen LogP contribution in [0.5, 0.6) is 0 Å². The van der Waals surface area contributed by atoms with Crippen molar-refractivity contribution in [3.8, 4) is 0 Å². The van der Waals surface area contributed by atoms with E-state index in [1.807, 2.05) is 18.2 Å². The van der Waals surface area contributed by atoms with E-state index in [1.54, 1.807) is 7.05 Å². The van der Waals surface area contributed by atoms with Gasteiger partial charge in [0, 0.05) is 16.0 Å². The molecule has 0 bridgehead atoms. The predicted molar refractivity (Wildman–Crippen MR) is 83.5 cm³/mol. The van der Waals surface area contributed by atoms with Crippen LogP contribution < -0.4 is 5.32 Å². The second-order valence-corrected chi connectivity index (χ2v) is 6.31. The van der Waals surface area contributed by atoms with E-state index in [2.05, 4.69) is 42.2 Å². The van der Waals surface area contributed by atoms with Crippen molar-refractivity contribution in [1.29, 1.82) is 0 Å². The van der Waals surface area contributed by atoms with Crippen molar-refractivity contribution < 1.29 is 9.59 Å². The molecule has 100 valence electrons. The number of halogens is 2. The van der Waals surface area contributed by atoms with Crippen LogP contribution >= 0.6 is 43.6 Å². The Hall–Kier alpha value is -0.860. The Morgan fingerprint density at radius 3 is 2.58 bits per heavy atom. The Morgan fingerprint density at radius 1 is 1.42 bits per heavy atom. The Morgan fingerprint density at radius 2 is 2.05 bits per heavy atom. The topological polar surface area (TPSA) is 61.8 Å². The third-order valence-electron chi connectivity index (χ3n) is 2.38. The van der Waals surface area contributed by atoms with Gasteiger partial charge in [0.2, 0.25) is 5.91 Å². The number of amides is 3. The zero-order chi connectivity index (χ0) is 14.0. The first-order chi connectivity index (χ1) is 8.99. The number of carbonyl (C=O) groups is 2. The van der Waals surface area contributed by atoms with Crippen molar-refractivity contribution in [2.45, 2.75) is 0 Å². The fourth-order valence-corrected chi connectivity index (χ4v) is 3.46. The molecule has 0 atom stereocenters. The van der Waals surface area contributed by atoms with Gasteiger partial charge in [0.15, 0.2) is 5.17 Å². The monoisotopic (exact) mass is 405 g/mol. The van der Waals surface area contributed by atoms with E-state index >= 15 is 0 Å². The van der Waals surface area contributed by atoms with E-state index in [9.17, 15) is 9.59 Å². The van der Waals surface area contributed by atoms with Crippen molar-refractivity contribution in [1.82, 2.24) is 4.90 Å². The number of benzene rings is 1. The van der Waals surface area contributed by atoms with Crippen molar-refractivity contribution in [2.24, 2.45) is 4.99 Å². The Balaban J connectivity index is 2.14. The average Bonchev–Trinajstić information content (AvgIpc) is 2.66. The van der Waals surface area contributed by atoms with Gasteiger partial charge < -0.3 is 5.32 Å². The first-order valence-corrected chi connectivity index (χ1v) is 7.79. The van der Waals surface area contributed by atoms with E-state index in [0.29, 0.717) is 16.6 Å². The van der Waals surface area contributed by atoms with Crippen molar-refractivity contribution in [3.63, 3.8) is 0 Å². The smallest absolute Gasteiger partial charge is 0.304 e. The van der Waals surface area contributed by atoms with E-state index in [1.165, 1.54) is 16.7 Å². The lowest BCUT2D eigenvalue weighted by molar-refractivity contribution is -0.123. The first kappa shape index (κ1) is 14.5. The van der Waals surface area contributed by atoms with Crippen LogP contribution in [-0.4, -0.2) is 34.8 Å². The minimum atomic E-state index is -0.517. The highest BCUT2D eigenvalue weighted by atomic mass is 79.9. The molecule has 0 aliphatic carbocycles. The van der Waals surface area contributed by atoms with Gasteiger partial charge in [-0.25, -0.2) is 4.79 Å². The summed E-state index contributed by atoms with van der Waals surface area (Å²) in [4.78, 5) is 28.4. The Bertz CT molecular complexity index is 557. The van der Waals surface area contributed by atoms with Crippen molar-refractivity contribution >= 4 is 66.4 Å².